The maximum absolute atomic E-state index is 6.07. The van der Waals surface area contributed by atoms with Gasteiger partial charge in [0, 0.05) is 16.4 Å². The molecule has 0 aliphatic rings. The fraction of sp³-hybridized carbons (Fsp3) is 0.0769. The number of nitrogens with one attached hydrogen (secondary N) is 1. The summed E-state index contributed by atoms with van der Waals surface area (Å²) < 4.78 is 0. The fourth-order valence-electron chi connectivity index (χ4n) is 1.63. The predicted octanol–water partition coefficient (Wildman–Crippen LogP) is 4.63. The third kappa shape index (κ3) is 3.05. The van der Waals surface area contributed by atoms with Gasteiger partial charge in [-0.15, -0.1) is 0 Å². The molecule has 17 heavy (non-hydrogen) atoms. The lowest BCUT2D eigenvalue weighted by atomic mass is 10.2. The zero-order valence-electron chi connectivity index (χ0n) is 9.30. The van der Waals surface area contributed by atoms with Crippen molar-refractivity contribution in [3.63, 3.8) is 0 Å². The van der Waals surface area contributed by atoms with Crippen molar-refractivity contribution in [2.45, 2.75) is 6.92 Å². The third-order valence-corrected chi connectivity index (χ3v) is 2.87. The highest BCUT2D eigenvalue weighted by Crippen LogP contribution is 2.29. The molecule has 2 nitrogen and oxygen atoms in total. The van der Waals surface area contributed by atoms with Gasteiger partial charge in [0.05, 0.1) is 10.7 Å². The number of rotatable bonds is 2. The van der Waals surface area contributed by atoms with Crippen molar-refractivity contribution < 1.29 is 0 Å². The van der Waals surface area contributed by atoms with E-state index in [1.165, 1.54) is 0 Å². The lowest BCUT2D eigenvalue weighted by Crippen LogP contribution is -1.94. The average molecular weight is 267 g/mol. The van der Waals surface area contributed by atoms with Crippen LogP contribution in [0.5, 0.6) is 0 Å². The summed E-state index contributed by atoms with van der Waals surface area (Å²) in [5, 5.41) is 4.45. The molecule has 0 aliphatic heterocycles. The number of nitrogen functional groups attached to an aromatic ring is 1. The van der Waals surface area contributed by atoms with Crippen molar-refractivity contribution >= 4 is 40.3 Å². The lowest BCUT2D eigenvalue weighted by Gasteiger charge is -2.10. The van der Waals surface area contributed by atoms with Gasteiger partial charge in [0.25, 0.3) is 0 Å². The number of hydrogen-bond donors (Lipinski definition) is 2. The monoisotopic (exact) mass is 266 g/mol. The van der Waals surface area contributed by atoms with E-state index < -0.39 is 0 Å². The number of benzene rings is 2. The highest BCUT2D eigenvalue weighted by Gasteiger charge is 2.02. The molecule has 0 unspecified atom stereocenters. The molecule has 0 saturated carbocycles. The molecule has 0 aliphatic carbocycles. The first-order valence-electron chi connectivity index (χ1n) is 5.14. The molecule has 4 heteroatoms. The number of halogens is 2. The molecule has 0 fully saturated rings. The molecule has 0 heterocycles. The molecule has 0 amide bonds. The maximum Gasteiger partial charge on any atom is 0.0642 e. The first-order valence-corrected chi connectivity index (χ1v) is 5.89. The molecule has 2 aromatic carbocycles. The SMILES string of the molecule is Cc1cc(N)cc(Nc2cc(Cl)ccc2Cl)c1. The first-order chi connectivity index (χ1) is 8.04. The van der Waals surface area contributed by atoms with E-state index in [9.17, 15) is 0 Å². The van der Waals surface area contributed by atoms with Crippen molar-refractivity contribution in [3.8, 4) is 0 Å². The van der Waals surface area contributed by atoms with Crippen LogP contribution in [0.25, 0.3) is 0 Å². The Balaban J connectivity index is 2.34. The minimum atomic E-state index is 0.620. The fourth-order valence-corrected chi connectivity index (χ4v) is 1.97. The summed E-state index contributed by atoms with van der Waals surface area (Å²) in [7, 11) is 0. The average Bonchev–Trinajstić information content (AvgIpc) is 2.22. The largest absolute Gasteiger partial charge is 0.399 e. The van der Waals surface area contributed by atoms with Gasteiger partial charge in [0.1, 0.15) is 0 Å². The Morgan fingerprint density at radius 1 is 1.06 bits per heavy atom. The van der Waals surface area contributed by atoms with Crippen LogP contribution < -0.4 is 11.1 Å². The third-order valence-electron chi connectivity index (χ3n) is 2.31. The molecule has 0 bridgehead atoms. The summed E-state index contributed by atoms with van der Waals surface area (Å²) in [6.07, 6.45) is 0. The van der Waals surface area contributed by atoms with Crippen molar-refractivity contribution in [3.05, 3.63) is 52.0 Å². The van der Waals surface area contributed by atoms with E-state index in [2.05, 4.69) is 5.32 Å². The molecular weight excluding hydrogens is 255 g/mol. The van der Waals surface area contributed by atoms with Crippen molar-refractivity contribution in [1.82, 2.24) is 0 Å². The molecule has 2 aromatic rings. The molecule has 0 spiro atoms. The number of aryl methyl sites for hydroxylation is 1. The molecule has 0 radical (unpaired) electrons. The highest BCUT2D eigenvalue weighted by molar-refractivity contribution is 6.35. The van der Waals surface area contributed by atoms with Crippen molar-refractivity contribution in [2.75, 3.05) is 11.1 Å². The van der Waals surface area contributed by atoms with E-state index in [-0.39, 0.29) is 0 Å². The standard InChI is InChI=1S/C13H12Cl2N2/c1-8-4-10(16)7-11(5-8)17-13-6-9(14)2-3-12(13)15/h2-7,17H,16H2,1H3. The summed E-state index contributed by atoms with van der Waals surface area (Å²) >= 11 is 12.0. The summed E-state index contributed by atoms with van der Waals surface area (Å²) in [6, 6.07) is 11.0. The van der Waals surface area contributed by atoms with E-state index in [4.69, 9.17) is 28.9 Å². The first kappa shape index (κ1) is 12.1. The van der Waals surface area contributed by atoms with Gasteiger partial charge < -0.3 is 11.1 Å². The van der Waals surface area contributed by atoms with Gasteiger partial charge in [-0.3, -0.25) is 0 Å². The quantitative estimate of drug-likeness (QED) is 0.778. The van der Waals surface area contributed by atoms with Gasteiger partial charge >= 0.3 is 0 Å². The van der Waals surface area contributed by atoms with Crippen LogP contribution in [0.4, 0.5) is 17.1 Å². The van der Waals surface area contributed by atoms with Gasteiger partial charge in [0.2, 0.25) is 0 Å². The van der Waals surface area contributed by atoms with Crippen LogP contribution in [0.15, 0.2) is 36.4 Å². The van der Waals surface area contributed by atoms with Crippen molar-refractivity contribution in [1.29, 1.82) is 0 Å². The molecule has 3 N–H and O–H groups in total. The minimum Gasteiger partial charge on any atom is -0.399 e. The Morgan fingerprint density at radius 3 is 2.53 bits per heavy atom. The zero-order valence-corrected chi connectivity index (χ0v) is 10.8. The van der Waals surface area contributed by atoms with Gasteiger partial charge in [-0.25, -0.2) is 0 Å². The van der Waals surface area contributed by atoms with Crippen LogP contribution in [0.1, 0.15) is 5.56 Å². The van der Waals surface area contributed by atoms with E-state index in [0.717, 1.165) is 16.9 Å². The second-order valence-corrected chi connectivity index (χ2v) is 4.73. The van der Waals surface area contributed by atoms with Gasteiger partial charge in [-0.05, 0) is 48.9 Å². The van der Waals surface area contributed by atoms with E-state index in [1.807, 2.05) is 25.1 Å². The van der Waals surface area contributed by atoms with E-state index >= 15 is 0 Å². The van der Waals surface area contributed by atoms with Crippen LogP contribution in [-0.2, 0) is 0 Å². The second-order valence-electron chi connectivity index (χ2n) is 3.88. The Kier molecular flexibility index (Phi) is 3.46. The Bertz CT molecular complexity index is 533. The number of hydrogen-bond acceptors (Lipinski definition) is 2. The van der Waals surface area contributed by atoms with Gasteiger partial charge in [-0.1, -0.05) is 23.2 Å². The van der Waals surface area contributed by atoms with E-state index in [0.29, 0.717) is 15.7 Å². The highest BCUT2D eigenvalue weighted by atomic mass is 35.5. The van der Waals surface area contributed by atoms with Crippen LogP contribution in [0.2, 0.25) is 10.0 Å². The molecule has 0 saturated heterocycles. The summed E-state index contributed by atoms with van der Waals surface area (Å²) in [6.45, 7) is 1.99. The number of anilines is 3. The molecule has 2 rings (SSSR count). The Labute approximate surface area is 110 Å². The molecule has 0 aromatic heterocycles. The van der Waals surface area contributed by atoms with Crippen LogP contribution in [0, 0.1) is 6.92 Å². The lowest BCUT2D eigenvalue weighted by molar-refractivity contribution is 1.45. The summed E-state index contributed by atoms with van der Waals surface area (Å²) in [5.41, 5.74) is 9.25. The van der Waals surface area contributed by atoms with E-state index in [1.54, 1.807) is 18.2 Å². The summed E-state index contributed by atoms with van der Waals surface area (Å²) in [5.74, 6) is 0. The van der Waals surface area contributed by atoms with Gasteiger partial charge in [0.15, 0.2) is 0 Å². The predicted molar refractivity (Wildman–Crippen MR) is 75.3 cm³/mol. The van der Waals surface area contributed by atoms with Crippen LogP contribution in [-0.4, -0.2) is 0 Å². The topological polar surface area (TPSA) is 38.0 Å². The number of nitrogens with two attached hydrogens (primary N) is 1. The second kappa shape index (κ2) is 4.86. The minimum absolute atomic E-state index is 0.620. The summed E-state index contributed by atoms with van der Waals surface area (Å²) in [4.78, 5) is 0. The maximum atomic E-state index is 6.07. The molecule has 0 atom stereocenters. The zero-order chi connectivity index (χ0) is 12.4. The van der Waals surface area contributed by atoms with Crippen LogP contribution in [0.3, 0.4) is 0 Å². The molecular formula is C13H12Cl2N2. The van der Waals surface area contributed by atoms with Crippen LogP contribution >= 0.6 is 23.2 Å². The normalized spacial score (nSPS) is 10.3. The Hall–Kier alpha value is -1.38. The molecule has 88 valence electrons. The smallest absolute Gasteiger partial charge is 0.0642 e. The Morgan fingerprint density at radius 2 is 1.82 bits per heavy atom. The van der Waals surface area contributed by atoms with Gasteiger partial charge in [-0.2, -0.15) is 0 Å². The van der Waals surface area contributed by atoms with Crippen molar-refractivity contribution in [2.24, 2.45) is 0 Å².